The quantitative estimate of drug-likeness (QED) is 0.839. The largest absolute Gasteiger partial charge is 0.383 e. The predicted molar refractivity (Wildman–Crippen MR) is 69.7 cm³/mol. The Morgan fingerprint density at radius 2 is 2.12 bits per heavy atom. The van der Waals surface area contributed by atoms with Gasteiger partial charge in [0, 0.05) is 17.8 Å². The van der Waals surface area contributed by atoms with Gasteiger partial charge in [-0.05, 0) is 57.0 Å². The first-order valence-corrected chi connectivity index (χ1v) is 6.49. The van der Waals surface area contributed by atoms with Crippen LogP contribution in [0.15, 0.2) is 24.3 Å². The molecule has 2 N–H and O–H groups in total. The molecular formula is C14H21FN2. The minimum Gasteiger partial charge on any atom is -0.383 e. The number of piperidine rings is 1. The molecule has 1 aromatic carbocycles. The molecule has 1 fully saturated rings. The summed E-state index contributed by atoms with van der Waals surface area (Å²) in [5.74, 6) is -0.183. The van der Waals surface area contributed by atoms with Gasteiger partial charge in [-0.25, -0.2) is 4.39 Å². The molecule has 0 bridgehead atoms. The van der Waals surface area contributed by atoms with E-state index in [0.717, 1.165) is 18.7 Å². The summed E-state index contributed by atoms with van der Waals surface area (Å²) in [4.78, 5) is 0. The molecule has 1 aliphatic heterocycles. The summed E-state index contributed by atoms with van der Waals surface area (Å²) in [6, 6.07) is 7.62. The van der Waals surface area contributed by atoms with E-state index in [1.54, 1.807) is 12.1 Å². The van der Waals surface area contributed by atoms with Crippen molar-refractivity contribution in [3.63, 3.8) is 0 Å². The third-order valence-electron chi connectivity index (χ3n) is 3.31. The van der Waals surface area contributed by atoms with Crippen LogP contribution in [0.2, 0.25) is 0 Å². The van der Waals surface area contributed by atoms with Crippen molar-refractivity contribution >= 4 is 5.69 Å². The van der Waals surface area contributed by atoms with E-state index >= 15 is 0 Å². The monoisotopic (exact) mass is 236 g/mol. The highest BCUT2D eigenvalue weighted by Crippen LogP contribution is 2.15. The lowest BCUT2D eigenvalue weighted by Gasteiger charge is -2.27. The van der Waals surface area contributed by atoms with E-state index in [1.165, 1.54) is 31.4 Å². The fraction of sp³-hybridized carbons (Fsp3) is 0.571. The second-order valence-electron chi connectivity index (χ2n) is 4.93. The van der Waals surface area contributed by atoms with Crippen LogP contribution in [0.5, 0.6) is 0 Å². The summed E-state index contributed by atoms with van der Waals surface area (Å²) in [6.45, 7) is 3.33. The zero-order valence-corrected chi connectivity index (χ0v) is 10.4. The van der Waals surface area contributed by atoms with Crippen molar-refractivity contribution in [1.82, 2.24) is 5.32 Å². The third kappa shape index (κ3) is 4.00. The summed E-state index contributed by atoms with van der Waals surface area (Å²) in [5, 5.41) is 6.95. The molecule has 0 spiro atoms. The van der Waals surface area contributed by atoms with E-state index in [1.807, 2.05) is 0 Å². The van der Waals surface area contributed by atoms with Gasteiger partial charge < -0.3 is 10.6 Å². The number of nitrogens with one attached hydrogen (secondary N) is 2. The van der Waals surface area contributed by atoms with Crippen molar-refractivity contribution in [2.24, 2.45) is 0 Å². The van der Waals surface area contributed by atoms with Crippen LogP contribution in [0.25, 0.3) is 0 Å². The molecule has 1 saturated heterocycles. The number of hydrogen-bond donors (Lipinski definition) is 2. The lowest BCUT2D eigenvalue weighted by Crippen LogP contribution is -2.37. The Bertz CT molecular complexity index is 331. The molecule has 0 radical (unpaired) electrons. The maximum absolute atomic E-state index is 12.8. The zero-order valence-electron chi connectivity index (χ0n) is 10.4. The van der Waals surface area contributed by atoms with Crippen molar-refractivity contribution in [2.75, 3.05) is 11.9 Å². The minimum absolute atomic E-state index is 0.183. The average molecular weight is 236 g/mol. The van der Waals surface area contributed by atoms with Crippen molar-refractivity contribution in [1.29, 1.82) is 0 Å². The van der Waals surface area contributed by atoms with Crippen molar-refractivity contribution in [3.05, 3.63) is 30.1 Å². The summed E-state index contributed by atoms with van der Waals surface area (Å²) >= 11 is 0. The van der Waals surface area contributed by atoms with Gasteiger partial charge in [-0.3, -0.25) is 0 Å². The molecular weight excluding hydrogens is 215 g/mol. The lowest BCUT2D eigenvalue weighted by molar-refractivity contribution is 0.371. The van der Waals surface area contributed by atoms with Crippen LogP contribution in [0.4, 0.5) is 10.1 Å². The van der Waals surface area contributed by atoms with Gasteiger partial charge in [0.2, 0.25) is 0 Å². The Morgan fingerprint density at radius 1 is 1.35 bits per heavy atom. The highest BCUT2D eigenvalue weighted by molar-refractivity contribution is 5.43. The van der Waals surface area contributed by atoms with Crippen molar-refractivity contribution in [3.8, 4) is 0 Å². The molecule has 0 aromatic heterocycles. The van der Waals surface area contributed by atoms with Crippen LogP contribution >= 0.6 is 0 Å². The Kier molecular flexibility index (Phi) is 4.37. The Balaban J connectivity index is 1.79. The van der Waals surface area contributed by atoms with Gasteiger partial charge in [0.25, 0.3) is 0 Å². The minimum atomic E-state index is -0.183. The summed E-state index contributed by atoms with van der Waals surface area (Å²) in [7, 11) is 0. The SMILES string of the molecule is CC(CC1CCCCN1)Nc1ccc(F)cc1. The lowest BCUT2D eigenvalue weighted by atomic mass is 9.99. The van der Waals surface area contributed by atoms with Crippen LogP contribution in [0.1, 0.15) is 32.6 Å². The van der Waals surface area contributed by atoms with E-state index in [-0.39, 0.29) is 5.82 Å². The summed E-state index contributed by atoms with van der Waals surface area (Å²) < 4.78 is 12.8. The van der Waals surface area contributed by atoms with Gasteiger partial charge in [0.15, 0.2) is 0 Å². The van der Waals surface area contributed by atoms with E-state index < -0.39 is 0 Å². The predicted octanol–water partition coefficient (Wildman–Crippen LogP) is 3.16. The number of halogens is 1. The first-order chi connectivity index (χ1) is 8.24. The molecule has 1 heterocycles. The van der Waals surface area contributed by atoms with Crippen LogP contribution < -0.4 is 10.6 Å². The Morgan fingerprint density at radius 3 is 2.76 bits per heavy atom. The summed E-state index contributed by atoms with van der Waals surface area (Å²) in [5.41, 5.74) is 0.995. The molecule has 2 unspecified atom stereocenters. The molecule has 1 aromatic rings. The molecule has 0 saturated carbocycles. The second kappa shape index (κ2) is 6.01. The first-order valence-electron chi connectivity index (χ1n) is 6.49. The molecule has 94 valence electrons. The van der Waals surface area contributed by atoms with E-state index in [9.17, 15) is 4.39 Å². The van der Waals surface area contributed by atoms with E-state index in [2.05, 4.69) is 17.6 Å². The Hall–Kier alpha value is -1.09. The third-order valence-corrected chi connectivity index (χ3v) is 3.31. The van der Waals surface area contributed by atoms with Gasteiger partial charge in [0.05, 0.1) is 0 Å². The van der Waals surface area contributed by atoms with Crippen LogP contribution in [0.3, 0.4) is 0 Å². The van der Waals surface area contributed by atoms with Gasteiger partial charge in [-0.2, -0.15) is 0 Å². The van der Waals surface area contributed by atoms with Crippen LogP contribution in [-0.2, 0) is 0 Å². The van der Waals surface area contributed by atoms with Crippen LogP contribution in [0, 0.1) is 5.82 Å². The maximum atomic E-state index is 12.8. The number of hydrogen-bond acceptors (Lipinski definition) is 2. The smallest absolute Gasteiger partial charge is 0.123 e. The van der Waals surface area contributed by atoms with Crippen LogP contribution in [-0.4, -0.2) is 18.6 Å². The van der Waals surface area contributed by atoms with E-state index in [0.29, 0.717) is 12.1 Å². The second-order valence-corrected chi connectivity index (χ2v) is 4.93. The standard InChI is InChI=1S/C14H21FN2/c1-11(10-14-4-2-3-9-16-14)17-13-7-5-12(15)6-8-13/h5-8,11,14,16-17H,2-4,9-10H2,1H3. The number of benzene rings is 1. The topological polar surface area (TPSA) is 24.1 Å². The zero-order chi connectivity index (χ0) is 12.1. The molecule has 2 rings (SSSR count). The fourth-order valence-electron chi connectivity index (χ4n) is 2.44. The highest BCUT2D eigenvalue weighted by atomic mass is 19.1. The van der Waals surface area contributed by atoms with Gasteiger partial charge >= 0.3 is 0 Å². The molecule has 1 aliphatic rings. The Labute approximate surface area is 103 Å². The highest BCUT2D eigenvalue weighted by Gasteiger charge is 2.15. The molecule has 2 atom stereocenters. The van der Waals surface area contributed by atoms with Gasteiger partial charge in [-0.1, -0.05) is 6.42 Å². The maximum Gasteiger partial charge on any atom is 0.123 e. The first kappa shape index (κ1) is 12.4. The molecule has 17 heavy (non-hydrogen) atoms. The summed E-state index contributed by atoms with van der Waals surface area (Å²) in [6.07, 6.45) is 5.03. The number of anilines is 1. The van der Waals surface area contributed by atoms with Crippen molar-refractivity contribution < 1.29 is 4.39 Å². The van der Waals surface area contributed by atoms with E-state index in [4.69, 9.17) is 0 Å². The average Bonchev–Trinajstić information content (AvgIpc) is 2.33. The molecule has 2 nitrogen and oxygen atoms in total. The van der Waals surface area contributed by atoms with Gasteiger partial charge in [-0.15, -0.1) is 0 Å². The normalized spacial score (nSPS) is 22.1. The van der Waals surface area contributed by atoms with Crippen molar-refractivity contribution in [2.45, 2.75) is 44.7 Å². The molecule has 0 aliphatic carbocycles. The van der Waals surface area contributed by atoms with Gasteiger partial charge in [0.1, 0.15) is 5.82 Å². The number of rotatable bonds is 4. The molecule has 0 amide bonds. The molecule has 3 heteroatoms. The fourth-order valence-corrected chi connectivity index (χ4v) is 2.44.